The zero-order valence-corrected chi connectivity index (χ0v) is 20.3. The number of aromatic nitrogens is 1. The molecule has 0 aliphatic rings. The Hall–Kier alpha value is -2.36. The van der Waals surface area contributed by atoms with Crippen LogP contribution in [0.15, 0.2) is 47.4 Å². The molecule has 3 aromatic rings. The quantitative estimate of drug-likeness (QED) is 0.346. The van der Waals surface area contributed by atoms with Crippen LogP contribution in [0.2, 0.25) is 0 Å². The first-order chi connectivity index (χ1) is 15.0. The Morgan fingerprint density at radius 1 is 1.03 bits per heavy atom. The second-order valence-corrected chi connectivity index (χ2v) is 11.9. The number of aryl methyl sites for hydroxylation is 2. The number of alkyl halides is 1. The SMILES string of the molecule is COC(=O)c1cc2cc(C)c(CS(=O)(=O)CCCCl)cc2n1S(=O)(=O)c1ccc(C)cc1. The fourth-order valence-electron chi connectivity index (χ4n) is 3.45. The maximum absolute atomic E-state index is 13.5. The molecule has 10 heteroatoms. The third-order valence-corrected chi connectivity index (χ3v) is 8.80. The van der Waals surface area contributed by atoms with Crippen molar-refractivity contribution in [2.75, 3.05) is 18.7 Å². The molecular formula is C22H24ClNO6S2. The number of carbonyl (C=O) groups excluding carboxylic acids is 1. The summed E-state index contributed by atoms with van der Waals surface area (Å²) in [5.74, 6) is -0.901. The van der Waals surface area contributed by atoms with Crippen molar-refractivity contribution in [3.05, 3.63) is 64.8 Å². The molecule has 0 radical (unpaired) electrons. The lowest BCUT2D eigenvalue weighted by Crippen LogP contribution is -2.19. The number of hydrogen-bond acceptors (Lipinski definition) is 6. The summed E-state index contributed by atoms with van der Waals surface area (Å²) in [4.78, 5) is 12.4. The standard InChI is InChI=1S/C22H24ClNO6S2/c1-15-5-7-19(8-6-15)32(28,29)24-20-13-18(14-31(26,27)10-4-9-23)16(2)11-17(20)12-21(24)22(25)30-3/h5-8,11-13H,4,9-10,14H2,1-3H3. The van der Waals surface area contributed by atoms with E-state index in [2.05, 4.69) is 0 Å². The zero-order valence-electron chi connectivity index (χ0n) is 18.0. The number of nitrogens with zero attached hydrogens (tertiary/aromatic N) is 1. The number of sulfone groups is 1. The third-order valence-electron chi connectivity index (χ3n) is 5.13. The lowest BCUT2D eigenvalue weighted by Gasteiger charge is -2.13. The van der Waals surface area contributed by atoms with E-state index in [9.17, 15) is 21.6 Å². The second kappa shape index (κ2) is 9.25. The summed E-state index contributed by atoms with van der Waals surface area (Å²) < 4.78 is 57.7. The van der Waals surface area contributed by atoms with Crippen molar-refractivity contribution in [2.24, 2.45) is 0 Å². The van der Waals surface area contributed by atoms with Crippen LogP contribution in [0, 0.1) is 13.8 Å². The van der Waals surface area contributed by atoms with E-state index < -0.39 is 25.8 Å². The molecule has 0 spiro atoms. The van der Waals surface area contributed by atoms with Crippen LogP contribution >= 0.6 is 11.6 Å². The molecule has 1 aromatic heterocycles. The Bertz CT molecular complexity index is 1370. The fraction of sp³-hybridized carbons (Fsp3) is 0.318. The number of fused-ring (bicyclic) bond motifs is 1. The molecule has 0 fully saturated rings. The number of hydrogen-bond donors (Lipinski definition) is 0. The minimum Gasteiger partial charge on any atom is -0.464 e. The highest BCUT2D eigenvalue weighted by Crippen LogP contribution is 2.30. The van der Waals surface area contributed by atoms with Crippen LogP contribution in [0.4, 0.5) is 0 Å². The van der Waals surface area contributed by atoms with E-state index in [4.69, 9.17) is 16.3 Å². The van der Waals surface area contributed by atoms with Gasteiger partial charge in [0.1, 0.15) is 5.69 Å². The van der Waals surface area contributed by atoms with Crippen LogP contribution in [-0.2, 0) is 30.4 Å². The van der Waals surface area contributed by atoms with Gasteiger partial charge in [0.15, 0.2) is 9.84 Å². The van der Waals surface area contributed by atoms with Crippen molar-refractivity contribution in [3.63, 3.8) is 0 Å². The Morgan fingerprint density at radius 3 is 2.28 bits per heavy atom. The van der Waals surface area contributed by atoms with Crippen molar-refractivity contribution in [3.8, 4) is 0 Å². The second-order valence-electron chi connectivity index (χ2n) is 7.58. The summed E-state index contributed by atoms with van der Waals surface area (Å²) in [5.41, 5.74) is 2.06. The predicted molar refractivity (Wildman–Crippen MR) is 125 cm³/mol. The fourth-order valence-corrected chi connectivity index (χ4v) is 6.75. The third kappa shape index (κ3) is 4.84. The number of carbonyl (C=O) groups is 1. The summed E-state index contributed by atoms with van der Waals surface area (Å²) >= 11 is 5.63. The number of esters is 1. The summed E-state index contributed by atoms with van der Waals surface area (Å²) in [6.07, 6.45) is 0.329. The van der Waals surface area contributed by atoms with Crippen LogP contribution in [0.5, 0.6) is 0 Å². The number of rotatable bonds is 8. The molecule has 0 saturated heterocycles. The summed E-state index contributed by atoms with van der Waals surface area (Å²) in [6, 6.07) is 10.9. The van der Waals surface area contributed by atoms with Gasteiger partial charge in [-0.25, -0.2) is 25.6 Å². The average Bonchev–Trinajstić information content (AvgIpc) is 3.11. The molecule has 0 saturated carbocycles. The van der Waals surface area contributed by atoms with E-state index in [0.29, 0.717) is 22.9 Å². The number of benzene rings is 2. The van der Waals surface area contributed by atoms with E-state index >= 15 is 0 Å². The molecule has 0 amide bonds. The maximum Gasteiger partial charge on any atom is 0.355 e. The van der Waals surface area contributed by atoms with Gasteiger partial charge in [-0.15, -0.1) is 11.6 Å². The minimum atomic E-state index is -4.16. The van der Waals surface area contributed by atoms with Gasteiger partial charge < -0.3 is 4.74 Å². The lowest BCUT2D eigenvalue weighted by atomic mass is 10.1. The monoisotopic (exact) mass is 497 g/mol. The zero-order chi connectivity index (χ0) is 23.7. The van der Waals surface area contributed by atoms with Crippen LogP contribution in [-0.4, -0.2) is 45.5 Å². The molecule has 0 atom stereocenters. The highest BCUT2D eigenvalue weighted by molar-refractivity contribution is 7.90. The van der Waals surface area contributed by atoms with Gasteiger partial charge in [0.25, 0.3) is 10.0 Å². The van der Waals surface area contributed by atoms with E-state index in [1.54, 1.807) is 25.1 Å². The van der Waals surface area contributed by atoms with Crippen molar-refractivity contribution in [2.45, 2.75) is 30.9 Å². The van der Waals surface area contributed by atoms with Crippen molar-refractivity contribution < 1.29 is 26.4 Å². The summed E-state index contributed by atoms with van der Waals surface area (Å²) in [6.45, 7) is 3.58. The lowest BCUT2D eigenvalue weighted by molar-refractivity contribution is 0.0593. The Balaban J connectivity index is 2.25. The molecule has 0 bridgehead atoms. The van der Waals surface area contributed by atoms with Crippen LogP contribution in [0.3, 0.4) is 0 Å². The molecule has 0 aliphatic carbocycles. The molecule has 3 rings (SSSR count). The summed E-state index contributed by atoms with van der Waals surface area (Å²) in [7, 11) is -6.44. The van der Waals surface area contributed by atoms with Crippen molar-refractivity contribution in [1.82, 2.24) is 3.97 Å². The van der Waals surface area contributed by atoms with E-state index in [1.807, 2.05) is 6.92 Å². The number of methoxy groups -OCH3 is 1. The van der Waals surface area contributed by atoms with Gasteiger partial charge in [-0.2, -0.15) is 0 Å². The van der Waals surface area contributed by atoms with Gasteiger partial charge in [-0.1, -0.05) is 17.7 Å². The van der Waals surface area contributed by atoms with Gasteiger partial charge in [0.05, 0.1) is 29.0 Å². The molecule has 0 N–H and O–H groups in total. The van der Waals surface area contributed by atoms with Gasteiger partial charge in [0, 0.05) is 11.3 Å². The van der Waals surface area contributed by atoms with Crippen molar-refractivity contribution >= 4 is 48.3 Å². The van der Waals surface area contributed by atoms with Gasteiger partial charge >= 0.3 is 5.97 Å². The molecule has 32 heavy (non-hydrogen) atoms. The topological polar surface area (TPSA) is 99.5 Å². The molecular weight excluding hydrogens is 474 g/mol. The highest BCUT2D eigenvalue weighted by Gasteiger charge is 2.28. The van der Waals surface area contributed by atoms with Crippen LogP contribution in [0.25, 0.3) is 10.9 Å². The molecule has 0 aliphatic heterocycles. The van der Waals surface area contributed by atoms with E-state index in [0.717, 1.165) is 9.54 Å². The first-order valence-corrected chi connectivity index (χ1v) is 13.6. The molecule has 2 aromatic carbocycles. The van der Waals surface area contributed by atoms with Gasteiger partial charge in [-0.05, 0) is 61.7 Å². The first kappa shape index (κ1) is 24.3. The first-order valence-electron chi connectivity index (χ1n) is 9.82. The Kier molecular flexibility index (Phi) is 7.02. The normalized spacial score (nSPS) is 12.2. The van der Waals surface area contributed by atoms with Crippen LogP contribution < -0.4 is 0 Å². The largest absolute Gasteiger partial charge is 0.464 e. The molecule has 1 heterocycles. The molecule has 7 nitrogen and oxygen atoms in total. The van der Waals surface area contributed by atoms with Crippen LogP contribution in [0.1, 0.15) is 33.6 Å². The predicted octanol–water partition coefficient (Wildman–Crippen LogP) is 3.83. The van der Waals surface area contributed by atoms with E-state index in [1.165, 1.54) is 31.4 Å². The average molecular weight is 498 g/mol. The van der Waals surface area contributed by atoms with E-state index in [-0.39, 0.29) is 33.5 Å². The smallest absolute Gasteiger partial charge is 0.355 e. The summed E-state index contributed by atoms with van der Waals surface area (Å²) in [5, 5.41) is 0.487. The molecule has 0 unspecified atom stereocenters. The molecule has 172 valence electrons. The Labute approximate surface area is 192 Å². The van der Waals surface area contributed by atoms with Crippen molar-refractivity contribution in [1.29, 1.82) is 0 Å². The minimum absolute atomic E-state index is 0.00242. The van der Waals surface area contributed by atoms with Gasteiger partial charge in [0.2, 0.25) is 0 Å². The number of ether oxygens (including phenoxy) is 1. The Morgan fingerprint density at radius 2 is 1.69 bits per heavy atom. The van der Waals surface area contributed by atoms with Gasteiger partial charge in [-0.3, -0.25) is 0 Å². The number of halogens is 1. The maximum atomic E-state index is 13.5. The highest BCUT2D eigenvalue weighted by atomic mass is 35.5.